The zero-order valence-electron chi connectivity index (χ0n) is 18.3. The molecule has 0 radical (unpaired) electrons. The summed E-state index contributed by atoms with van der Waals surface area (Å²) in [7, 11) is 0. The Kier molecular flexibility index (Phi) is 6.13. The quantitative estimate of drug-likeness (QED) is 0.331. The number of anilines is 1. The van der Waals surface area contributed by atoms with Gasteiger partial charge < -0.3 is 14.9 Å². The molecule has 0 aliphatic carbocycles. The van der Waals surface area contributed by atoms with Crippen molar-refractivity contribution in [3.63, 3.8) is 0 Å². The molecule has 1 aliphatic rings. The molecule has 1 aromatic heterocycles. The fourth-order valence-corrected chi connectivity index (χ4v) is 3.75. The van der Waals surface area contributed by atoms with Crippen molar-refractivity contribution in [2.24, 2.45) is 5.92 Å². The van der Waals surface area contributed by atoms with E-state index in [4.69, 9.17) is 4.74 Å². The minimum atomic E-state index is -0.966. The SMILES string of the molecule is CC(C)COc1cccc(/C(O)=C2\C(=O)C(=O)N(c3ccccc3O)C2c2cccnc2)c1. The molecule has 3 aromatic rings. The molecule has 1 aliphatic heterocycles. The number of aliphatic hydroxyl groups excluding tert-OH is 1. The van der Waals surface area contributed by atoms with E-state index in [1.807, 2.05) is 13.8 Å². The molecule has 33 heavy (non-hydrogen) atoms. The van der Waals surface area contributed by atoms with E-state index in [1.165, 1.54) is 17.2 Å². The molecule has 168 valence electrons. The second kappa shape index (κ2) is 9.16. The van der Waals surface area contributed by atoms with Gasteiger partial charge in [-0.3, -0.25) is 19.5 Å². The highest BCUT2D eigenvalue weighted by Crippen LogP contribution is 2.44. The van der Waals surface area contributed by atoms with E-state index in [1.54, 1.807) is 60.8 Å². The molecule has 0 bridgehead atoms. The van der Waals surface area contributed by atoms with Crippen LogP contribution in [0.4, 0.5) is 5.69 Å². The first kappa shape index (κ1) is 22.1. The highest BCUT2D eigenvalue weighted by molar-refractivity contribution is 6.51. The topological polar surface area (TPSA) is 100.0 Å². The van der Waals surface area contributed by atoms with E-state index in [0.29, 0.717) is 29.4 Å². The van der Waals surface area contributed by atoms with Gasteiger partial charge in [0.2, 0.25) is 0 Å². The first-order valence-corrected chi connectivity index (χ1v) is 10.6. The highest BCUT2D eigenvalue weighted by atomic mass is 16.5. The van der Waals surface area contributed by atoms with Crippen molar-refractivity contribution in [1.82, 2.24) is 4.98 Å². The number of phenols is 1. The summed E-state index contributed by atoms with van der Waals surface area (Å²) in [5.74, 6) is -1.32. The van der Waals surface area contributed by atoms with E-state index in [-0.39, 0.29) is 22.8 Å². The third-order valence-electron chi connectivity index (χ3n) is 5.28. The summed E-state index contributed by atoms with van der Waals surface area (Å²) in [5, 5.41) is 21.6. The number of amides is 1. The number of carbonyl (C=O) groups is 2. The van der Waals surface area contributed by atoms with Crippen molar-refractivity contribution < 1.29 is 24.5 Å². The van der Waals surface area contributed by atoms with Crippen LogP contribution in [0.25, 0.3) is 5.76 Å². The fraction of sp³-hybridized carbons (Fsp3) is 0.192. The number of ether oxygens (including phenoxy) is 1. The van der Waals surface area contributed by atoms with E-state index in [9.17, 15) is 19.8 Å². The molecule has 0 saturated carbocycles. The van der Waals surface area contributed by atoms with Gasteiger partial charge in [0, 0.05) is 18.0 Å². The molecule has 1 atom stereocenters. The number of rotatable bonds is 6. The molecule has 4 rings (SSSR count). The number of hydrogen-bond acceptors (Lipinski definition) is 6. The Bertz CT molecular complexity index is 1220. The smallest absolute Gasteiger partial charge is 0.300 e. The van der Waals surface area contributed by atoms with E-state index >= 15 is 0 Å². The lowest BCUT2D eigenvalue weighted by Gasteiger charge is -2.25. The van der Waals surface area contributed by atoms with Gasteiger partial charge >= 0.3 is 0 Å². The number of aromatic nitrogens is 1. The summed E-state index contributed by atoms with van der Waals surface area (Å²) in [6.45, 7) is 4.55. The Morgan fingerprint density at radius 1 is 1.09 bits per heavy atom. The Balaban J connectivity index is 1.86. The first-order chi connectivity index (χ1) is 15.9. The van der Waals surface area contributed by atoms with Crippen molar-refractivity contribution in [1.29, 1.82) is 0 Å². The number of pyridine rings is 1. The van der Waals surface area contributed by atoms with Gasteiger partial charge in [-0.2, -0.15) is 0 Å². The van der Waals surface area contributed by atoms with Crippen molar-refractivity contribution in [3.05, 3.63) is 89.8 Å². The zero-order valence-corrected chi connectivity index (χ0v) is 18.3. The number of Topliss-reactive ketones (excluding diaryl/α,β-unsaturated/α-hetero) is 1. The van der Waals surface area contributed by atoms with Crippen LogP contribution >= 0.6 is 0 Å². The van der Waals surface area contributed by atoms with Crippen molar-refractivity contribution in [3.8, 4) is 11.5 Å². The number of para-hydroxylation sites is 2. The lowest BCUT2D eigenvalue weighted by molar-refractivity contribution is -0.132. The van der Waals surface area contributed by atoms with Crippen LogP contribution in [-0.4, -0.2) is 33.5 Å². The largest absolute Gasteiger partial charge is 0.507 e. The molecule has 2 heterocycles. The van der Waals surface area contributed by atoms with Crippen LogP contribution in [0, 0.1) is 5.92 Å². The Morgan fingerprint density at radius 3 is 2.58 bits per heavy atom. The van der Waals surface area contributed by atoms with Crippen LogP contribution in [0.5, 0.6) is 11.5 Å². The molecular formula is C26H24N2O5. The molecule has 1 amide bonds. The monoisotopic (exact) mass is 444 g/mol. The van der Waals surface area contributed by atoms with Crippen LogP contribution in [0.1, 0.15) is 31.0 Å². The average Bonchev–Trinajstić information content (AvgIpc) is 3.08. The van der Waals surface area contributed by atoms with Gasteiger partial charge in [0.1, 0.15) is 17.3 Å². The van der Waals surface area contributed by atoms with Crippen molar-refractivity contribution in [2.75, 3.05) is 11.5 Å². The summed E-state index contributed by atoms with van der Waals surface area (Å²) in [4.78, 5) is 31.6. The normalized spacial score (nSPS) is 17.5. The third-order valence-corrected chi connectivity index (χ3v) is 5.28. The van der Waals surface area contributed by atoms with Crippen LogP contribution in [0.3, 0.4) is 0 Å². The summed E-state index contributed by atoms with van der Waals surface area (Å²) < 4.78 is 5.75. The van der Waals surface area contributed by atoms with E-state index in [0.717, 1.165) is 0 Å². The van der Waals surface area contributed by atoms with Crippen LogP contribution in [0.15, 0.2) is 78.6 Å². The molecule has 0 spiro atoms. The Labute approximate surface area is 191 Å². The number of carbonyl (C=O) groups excluding carboxylic acids is 2. The van der Waals surface area contributed by atoms with Crippen LogP contribution in [0.2, 0.25) is 0 Å². The van der Waals surface area contributed by atoms with Crippen molar-refractivity contribution >= 4 is 23.1 Å². The predicted molar refractivity (Wildman–Crippen MR) is 124 cm³/mol. The van der Waals surface area contributed by atoms with Crippen molar-refractivity contribution in [2.45, 2.75) is 19.9 Å². The van der Waals surface area contributed by atoms with Gasteiger partial charge in [0.25, 0.3) is 11.7 Å². The number of hydrogen-bond donors (Lipinski definition) is 2. The summed E-state index contributed by atoms with van der Waals surface area (Å²) in [6.07, 6.45) is 3.10. The number of benzene rings is 2. The molecule has 7 nitrogen and oxygen atoms in total. The summed E-state index contributed by atoms with van der Waals surface area (Å²) in [6, 6.07) is 15.4. The third kappa shape index (κ3) is 4.30. The van der Waals surface area contributed by atoms with Gasteiger partial charge in [-0.15, -0.1) is 0 Å². The summed E-state index contributed by atoms with van der Waals surface area (Å²) in [5.41, 5.74) is 0.952. The maximum absolute atomic E-state index is 13.2. The molecule has 7 heteroatoms. The maximum atomic E-state index is 13.2. The Hall–Kier alpha value is -4.13. The van der Waals surface area contributed by atoms with Gasteiger partial charge in [-0.05, 0) is 41.8 Å². The molecule has 1 unspecified atom stereocenters. The van der Waals surface area contributed by atoms with Gasteiger partial charge in [-0.25, -0.2) is 0 Å². The fourth-order valence-electron chi connectivity index (χ4n) is 3.75. The number of nitrogens with zero attached hydrogens (tertiary/aromatic N) is 2. The Morgan fingerprint density at radius 2 is 1.88 bits per heavy atom. The lowest BCUT2D eigenvalue weighted by Crippen LogP contribution is -2.29. The van der Waals surface area contributed by atoms with E-state index < -0.39 is 17.7 Å². The second-order valence-electron chi connectivity index (χ2n) is 8.18. The predicted octanol–water partition coefficient (Wildman–Crippen LogP) is 4.45. The average molecular weight is 444 g/mol. The lowest BCUT2D eigenvalue weighted by atomic mass is 9.96. The number of ketones is 1. The molecule has 2 N–H and O–H groups in total. The highest BCUT2D eigenvalue weighted by Gasteiger charge is 2.47. The zero-order chi connectivity index (χ0) is 23.5. The number of phenolic OH excluding ortho intramolecular Hbond substituents is 1. The molecule has 1 fully saturated rings. The molecule has 2 aromatic carbocycles. The number of aromatic hydroxyl groups is 1. The minimum absolute atomic E-state index is 0.0859. The van der Waals surface area contributed by atoms with Crippen LogP contribution in [-0.2, 0) is 9.59 Å². The number of aliphatic hydroxyl groups is 1. The molecular weight excluding hydrogens is 420 g/mol. The van der Waals surface area contributed by atoms with Gasteiger partial charge in [-0.1, -0.05) is 44.2 Å². The molecule has 1 saturated heterocycles. The van der Waals surface area contributed by atoms with Crippen LogP contribution < -0.4 is 9.64 Å². The summed E-state index contributed by atoms with van der Waals surface area (Å²) >= 11 is 0. The van der Waals surface area contributed by atoms with Gasteiger partial charge in [0.05, 0.1) is 23.9 Å². The van der Waals surface area contributed by atoms with E-state index in [2.05, 4.69) is 4.98 Å². The first-order valence-electron chi connectivity index (χ1n) is 10.6. The maximum Gasteiger partial charge on any atom is 0.300 e. The standard InChI is InChI=1S/C26H24N2O5/c1-16(2)15-33-19-9-5-7-17(13-19)24(30)22-23(18-8-6-12-27-14-18)28(26(32)25(22)31)20-10-3-4-11-21(20)29/h3-14,16,23,29-30H,15H2,1-2H3/b24-22+. The second-order valence-corrected chi connectivity index (χ2v) is 8.18. The van der Waals surface area contributed by atoms with Gasteiger partial charge in [0.15, 0.2) is 0 Å². The minimum Gasteiger partial charge on any atom is -0.507 e.